The van der Waals surface area contributed by atoms with Crippen LogP contribution in [0.25, 0.3) is 0 Å². The lowest BCUT2D eigenvalue weighted by atomic mass is 10.3. The molecule has 10 heavy (non-hydrogen) atoms. The van der Waals surface area contributed by atoms with Gasteiger partial charge >= 0.3 is 0 Å². The maximum Gasteiger partial charge on any atom is -0.0354 e. The third-order valence-electron chi connectivity index (χ3n) is 1.07. The second-order valence-electron chi connectivity index (χ2n) is 2.29. The minimum atomic E-state index is 1.11. The van der Waals surface area contributed by atoms with Crippen LogP contribution in [0.3, 0.4) is 0 Å². The summed E-state index contributed by atoms with van der Waals surface area (Å²) in [5.41, 5.74) is 1.25. The van der Waals surface area contributed by atoms with Crippen LogP contribution in [0.15, 0.2) is 24.3 Å². The molecule has 0 bridgehead atoms. The van der Waals surface area contributed by atoms with E-state index in [1.807, 2.05) is 13.8 Å². The molecule has 0 rings (SSSR count). The largest absolute Gasteiger partial charge is 0.100 e. The summed E-state index contributed by atoms with van der Waals surface area (Å²) in [5.74, 6) is 0. The van der Waals surface area contributed by atoms with E-state index in [1.165, 1.54) is 5.57 Å². The van der Waals surface area contributed by atoms with Crippen LogP contribution in [0.5, 0.6) is 0 Å². The molecule has 0 heterocycles. The van der Waals surface area contributed by atoms with Crippen LogP contribution in [0.4, 0.5) is 0 Å². The van der Waals surface area contributed by atoms with Crippen LogP contribution in [0.2, 0.25) is 0 Å². The zero-order chi connectivity index (χ0) is 8.41. The maximum absolute atomic E-state index is 3.67. The Hall–Kier alpha value is -0.520. The third-order valence-corrected chi connectivity index (χ3v) is 1.07. The summed E-state index contributed by atoms with van der Waals surface area (Å²) in [6.07, 6.45) is 6.45. The van der Waals surface area contributed by atoms with E-state index in [1.54, 1.807) is 0 Å². The van der Waals surface area contributed by atoms with E-state index in [0.717, 1.165) is 12.8 Å². The predicted molar refractivity (Wildman–Crippen MR) is 50.2 cm³/mol. The van der Waals surface area contributed by atoms with Crippen LogP contribution in [0, 0.1) is 0 Å². The van der Waals surface area contributed by atoms with E-state index in [-0.39, 0.29) is 0 Å². The van der Waals surface area contributed by atoms with Crippen molar-refractivity contribution >= 4 is 0 Å². The van der Waals surface area contributed by atoms with E-state index < -0.39 is 0 Å². The summed E-state index contributed by atoms with van der Waals surface area (Å²) in [6.45, 7) is 12.0. The summed E-state index contributed by atoms with van der Waals surface area (Å²) >= 11 is 0. The molecule has 0 saturated heterocycles. The van der Waals surface area contributed by atoms with E-state index in [0.29, 0.717) is 0 Å². The highest BCUT2D eigenvalue weighted by atomic mass is 13.7. The highest BCUT2D eigenvalue weighted by Gasteiger charge is 1.67. The Balaban J connectivity index is 0. The van der Waals surface area contributed by atoms with Gasteiger partial charge in [0, 0.05) is 0 Å². The minimum absolute atomic E-state index is 1.11. The molecule has 0 unspecified atom stereocenters. The highest BCUT2D eigenvalue weighted by molar-refractivity contribution is 4.84. The lowest BCUT2D eigenvalue weighted by Gasteiger charge is -1.79. The molecule has 0 heteroatoms. The van der Waals surface area contributed by atoms with Gasteiger partial charge in [0.1, 0.15) is 0 Å². The first-order valence-corrected chi connectivity index (χ1v) is 3.94. The monoisotopic (exact) mass is 140 g/mol. The van der Waals surface area contributed by atoms with Gasteiger partial charge in [-0.3, -0.25) is 0 Å². The zero-order valence-electron chi connectivity index (χ0n) is 7.78. The molecule has 0 aromatic rings. The molecule has 0 nitrogen and oxygen atoms in total. The Morgan fingerprint density at radius 2 is 1.80 bits per heavy atom. The third kappa shape index (κ3) is 25.9. The number of hydrogen-bond donors (Lipinski definition) is 0. The van der Waals surface area contributed by atoms with E-state index in [9.17, 15) is 0 Å². The first kappa shape index (κ1) is 12.2. The van der Waals surface area contributed by atoms with Gasteiger partial charge in [0.05, 0.1) is 0 Å². The fourth-order valence-corrected chi connectivity index (χ4v) is 0.236. The number of allylic oxidation sites excluding steroid dienone is 3. The van der Waals surface area contributed by atoms with Crippen LogP contribution in [-0.4, -0.2) is 0 Å². The van der Waals surface area contributed by atoms with Crippen molar-refractivity contribution in [1.29, 1.82) is 0 Å². The molecule has 0 amide bonds. The quantitative estimate of drug-likeness (QED) is 0.509. The van der Waals surface area contributed by atoms with Gasteiger partial charge in [-0.2, -0.15) is 0 Å². The Morgan fingerprint density at radius 1 is 1.40 bits per heavy atom. The summed E-state index contributed by atoms with van der Waals surface area (Å²) in [6, 6.07) is 0. The normalized spacial score (nSPS) is 8.80. The van der Waals surface area contributed by atoms with Crippen molar-refractivity contribution in [2.24, 2.45) is 0 Å². The molecule has 0 aliphatic carbocycles. The second-order valence-corrected chi connectivity index (χ2v) is 2.29. The van der Waals surface area contributed by atoms with Gasteiger partial charge in [-0.25, -0.2) is 0 Å². The summed E-state index contributed by atoms with van der Waals surface area (Å²) < 4.78 is 0. The Morgan fingerprint density at radius 3 is 1.80 bits per heavy atom. The van der Waals surface area contributed by atoms with Gasteiger partial charge in [0.15, 0.2) is 0 Å². The summed E-state index contributed by atoms with van der Waals surface area (Å²) in [4.78, 5) is 0. The van der Waals surface area contributed by atoms with Crippen molar-refractivity contribution in [2.45, 2.75) is 40.5 Å². The SMILES string of the molecule is C=C(C)CC.CC=CCC. The molecule has 0 fully saturated rings. The Bertz CT molecular complexity index is 88.2. The number of rotatable bonds is 2. The first-order chi connectivity index (χ1) is 4.68. The molecule has 0 spiro atoms. The maximum atomic E-state index is 3.67. The lowest BCUT2D eigenvalue weighted by Crippen LogP contribution is -1.58. The van der Waals surface area contributed by atoms with Gasteiger partial charge in [0.2, 0.25) is 0 Å². The molecule has 0 aromatic carbocycles. The van der Waals surface area contributed by atoms with Gasteiger partial charge in [-0.1, -0.05) is 31.6 Å². The van der Waals surface area contributed by atoms with E-state index in [2.05, 4.69) is 32.6 Å². The fraction of sp³-hybridized carbons (Fsp3) is 0.600. The molecule has 0 aliphatic heterocycles. The Kier molecular flexibility index (Phi) is 13.8. The summed E-state index contributed by atoms with van der Waals surface area (Å²) in [7, 11) is 0. The lowest BCUT2D eigenvalue weighted by molar-refractivity contribution is 1.11. The average molecular weight is 140 g/mol. The molecular weight excluding hydrogens is 120 g/mol. The average Bonchev–Trinajstić information content (AvgIpc) is 1.91. The topological polar surface area (TPSA) is 0 Å². The Labute approximate surface area is 65.7 Å². The molecule has 0 atom stereocenters. The summed E-state index contributed by atoms with van der Waals surface area (Å²) in [5, 5.41) is 0. The van der Waals surface area contributed by atoms with Crippen molar-refractivity contribution in [3.05, 3.63) is 24.3 Å². The minimum Gasteiger partial charge on any atom is -0.100 e. The zero-order valence-corrected chi connectivity index (χ0v) is 7.78. The van der Waals surface area contributed by atoms with Gasteiger partial charge < -0.3 is 0 Å². The fourth-order valence-electron chi connectivity index (χ4n) is 0.236. The second kappa shape index (κ2) is 11.3. The predicted octanol–water partition coefficient (Wildman–Crippen LogP) is 3.95. The molecule has 0 radical (unpaired) electrons. The van der Waals surface area contributed by atoms with Gasteiger partial charge in [0.25, 0.3) is 0 Å². The van der Waals surface area contributed by atoms with E-state index in [4.69, 9.17) is 0 Å². The standard InChI is InChI=1S/2C5H10/c1-4-5(2)3;1-3-5-4-2/h2,4H2,1,3H3;3,5H,4H2,1-2H3. The molecule has 0 aromatic heterocycles. The van der Waals surface area contributed by atoms with Crippen LogP contribution in [0.1, 0.15) is 40.5 Å². The van der Waals surface area contributed by atoms with Crippen molar-refractivity contribution in [3.8, 4) is 0 Å². The van der Waals surface area contributed by atoms with Gasteiger partial charge in [-0.05, 0) is 26.7 Å². The molecule has 0 saturated carbocycles. The molecular formula is C10H20. The van der Waals surface area contributed by atoms with Crippen molar-refractivity contribution in [2.75, 3.05) is 0 Å². The highest BCUT2D eigenvalue weighted by Crippen LogP contribution is 1.88. The van der Waals surface area contributed by atoms with E-state index >= 15 is 0 Å². The van der Waals surface area contributed by atoms with Crippen molar-refractivity contribution in [3.63, 3.8) is 0 Å². The van der Waals surface area contributed by atoms with Crippen LogP contribution in [-0.2, 0) is 0 Å². The number of hydrogen-bond acceptors (Lipinski definition) is 0. The first-order valence-electron chi connectivity index (χ1n) is 3.94. The van der Waals surface area contributed by atoms with Crippen molar-refractivity contribution < 1.29 is 0 Å². The molecule has 0 aliphatic rings. The van der Waals surface area contributed by atoms with Gasteiger partial charge in [-0.15, -0.1) is 6.58 Å². The van der Waals surface area contributed by atoms with Crippen molar-refractivity contribution in [1.82, 2.24) is 0 Å². The van der Waals surface area contributed by atoms with Crippen LogP contribution >= 0.6 is 0 Å². The molecule has 0 N–H and O–H groups in total. The molecule has 60 valence electrons. The smallest absolute Gasteiger partial charge is 0.0354 e. The van der Waals surface area contributed by atoms with Crippen LogP contribution < -0.4 is 0 Å².